The highest BCUT2D eigenvalue weighted by molar-refractivity contribution is 14.0. The van der Waals surface area contributed by atoms with Crippen molar-refractivity contribution in [3.05, 3.63) is 0 Å². The third-order valence-corrected chi connectivity index (χ3v) is 3.48. The average Bonchev–Trinajstić information content (AvgIpc) is 2.81. The van der Waals surface area contributed by atoms with Crippen LogP contribution in [0.3, 0.4) is 0 Å². The molecule has 0 radical (unpaired) electrons. The number of aliphatic imine (C=N–C) groups is 1. The number of nitrogens with zero attached hydrogens (tertiary/aromatic N) is 1. The monoisotopic (exact) mass is 353 g/mol. The first-order chi connectivity index (χ1) is 7.84. The third kappa shape index (κ3) is 5.42. The zero-order valence-corrected chi connectivity index (χ0v) is 12.7. The summed E-state index contributed by atoms with van der Waals surface area (Å²) in [4.78, 5) is 4.41. The maximum atomic E-state index is 5.87. The molecule has 1 unspecified atom stereocenters. The first-order valence-corrected chi connectivity index (χ1v) is 6.49. The van der Waals surface area contributed by atoms with E-state index < -0.39 is 0 Å². The SMILES string of the molecule is I.NC(=NCC1CCCOC1)NC1CCCC1. The van der Waals surface area contributed by atoms with Crippen molar-refractivity contribution >= 4 is 29.9 Å². The number of guanidine groups is 1. The summed E-state index contributed by atoms with van der Waals surface area (Å²) in [5.74, 6) is 1.19. The van der Waals surface area contributed by atoms with Crippen LogP contribution in [0.15, 0.2) is 4.99 Å². The number of halogens is 1. The summed E-state index contributed by atoms with van der Waals surface area (Å²) in [5.41, 5.74) is 5.87. The number of nitrogens with two attached hydrogens (primary N) is 1. The van der Waals surface area contributed by atoms with E-state index in [0.29, 0.717) is 17.9 Å². The van der Waals surface area contributed by atoms with Gasteiger partial charge in [0.1, 0.15) is 0 Å². The lowest BCUT2D eigenvalue weighted by atomic mass is 10.0. The number of nitrogens with one attached hydrogen (secondary N) is 1. The van der Waals surface area contributed by atoms with Crippen molar-refractivity contribution in [1.82, 2.24) is 5.32 Å². The third-order valence-electron chi connectivity index (χ3n) is 3.48. The highest BCUT2D eigenvalue weighted by Crippen LogP contribution is 2.17. The second-order valence-electron chi connectivity index (χ2n) is 4.93. The van der Waals surface area contributed by atoms with Gasteiger partial charge in [-0.15, -0.1) is 24.0 Å². The normalized spacial score (nSPS) is 26.6. The topological polar surface area (TPSA) is 59.6 Å². The van der Waals surface area contributed by atoms with Crippen LogP contribution in [0.1, 0.15) is 38.5 Å². The molecule has 17 heavy (non-hydrogen) atoms. The predicted octanol–water partition coefficient (Wildman–Crippen LogP) is 1.88. The van der Waals surface area contributed by atoms with Crippen molar-refractivity contribution < 1.29 is 4.74 Å². The molecule has 0 aromatic rings. The Balaban J connectivity index is 0.00000144. The van der Waals surface area contributed by atoms with E-state index in [0.717, 1.165) is 26.2 Å². The van der Waals surface area contributed by atoms with Gasteiger partial charge >= 0.3 is 0 Å². The van der Waals surface area contributed by atoms with Gasteiger partial charge in [-0.05, 0) is 25.7 Å². The van der Waals surface area contributed by atoms with Crippen molar-refractivity contribution in [3.63, 3.8) is 0 Å². The van der Waals surface area contributed by atoms with Crippen molar-refractivity contribution in [1.29, 1.82) is 0 Å². The van der Waals surface area contributed by atoms with E-state index in [1.807, 2.05) is 0 Å². The Morgan fingerprint density at radius 1 is 1.24 bits per heavy atom. The van der Waals surface area contributed by atoms with Gasteiger partial charge in [0.15, 0.2) is 5.96 Å². The summed E-state index contributed by atoms with van der Waals surface area (Å²) in [6.07, 6.45) is 7.50. The van der Waals surface area contributed by atoms with Gasteiger partial charge in [-0.3, -0.25) is 4.99 Å². The molecular weight excluding hydrogens is 329 g/mol. The summed E-state index contributed by atoms with van der Waals surface area (Å²) in [6.45, 7) is 2.57. The quantitative estimate of drug-likeness (QED) is 0.463. The van der Waals surface area contributed by atoms with E-state index in [-0.39, 0.29) is 24.0 Å². The molecule has 2 rings (SSSR count). The van der Waals surface area contributed by atoms with E-state index in [2.05, 4.69) is 10.3 Å². The molecule has 1 saturated heterocycles. The van der Waals surface area contributed by atoms with E-state index in [1.165, 1.54) is 32.1 Å². The maximum Gasteiger partial charge on any atom is 0.188 e. The molecule has 1 saturated carbocycles. The molecule has 0 spiro atoms. The molecule has 1 heterocycles. The van der Waals surface area contributed by atoms with Crippen molar-refractivity contribution in [2.75, 3.05) is 19.8 Å². The lowest BCUT2D eigenvalue weighted by Gasteiger charge is -2.20. The summed E-state index contributed by atoms with van der Waals surface area (Å²) in [7, 11) is 0. The Bertz CT molecular complexity index is 236. The van der Waals surface area contributed by atoms with Gasteiger partial charge in [-0.1, -0.05) is 12.8 Å². The molecule has 2 fully saturated rings. The standard InChI is InChI=1S/C12H23N3O.HI/c13-12(15-11-5-1-2-6-11)14-8-10-4-3-7-16-9-10;/h10-11H,1-9H2,(H3,13,14,15);1H. The van der Waals surface area contributed by atoms with Crippen LogP contribution in [-0.2, 0) is 4.74 Å². The maximum absolute atomic E-state index is 5.87. The molecule has 1 atom stereocenters. The Morgan fingerprint density at radius 2 is 2.00 bits per heavy atom. The highest BCUT2D eigenvalue weighted by Gasteiger charge is 2.16. The van der Waals surface area contributed by atoms with Crippen molar-refractivity contribution in [2.45, 2.75) is 44.6 Å². The Labute approximate surface area is 121 Å². The van der Waals surface area contributed by atoms with Gasteiger partial charge in [0.2, 0.25) is 0 Å². The average molecular weight is 353 g/mol. The Hall–Kier alpha value is -0.0400. The molecule has 3 N–H and O–H groups in total. The Kier molecular flexibility index (Phi) is 7.18. The van der Waals surface area contributed by atoms with E-state index in [4.69, 9.17) is 10.5 Å². The van der Waals surface area contributed by atoms with Gasteiger partial charge < -0.3 is 15.8 Å². The smallest absolute Gasteiger partial charge is 0.188 e. The fraction of sp³-hybridized carbons (Fsp3) is 0.917. The summed E-state index contributed by atoms with van der Waals surface area (Å²) in [5, 5.41) is 3.31. The minimum Gasteiger partial charge on any atom is -0.381 e. The molecule has 100 valence electrons. The minimum atomic E-state index is 0. The molecule has 0 amide bonds. The van der Waals surface area contributed by atoms with Crippen molar-refractivity contribution in [2.24, 2.45) is 16.6 Å². The summed E-state index contributed by atoms with van der Waals surface area (Å²) >= 11 is 0. The highest BCUT2D eigenvalue weighted by atomic mass is 127. The largest absolute Gasteiger partial charge is 0.381 e. The van der Waals surface area contributed by atoms with Gasteiger partial charge in [-0.2, -0.15) is 0 Å². The minimum absolute atomic E-state index is 0. The van der Waals surface area contributed by atoms with Gasteiger partial charge in [0.25, 0.3) is 0 Å². The molecule has 1 aliphatic carbocycles. The van der Waals surface area contributed by atoms with E-state index in [9.17, 15) is 0 Å². The number of hydrogen-bond acceptors (Lipinski definition) is 2. The van der Waals surface area contributed by atoms with Crippen LogP contribution in [0, 0.1) is 5.92 Å². The molecule has 0 aromatic heterocycles. The van der Waals surface area contributed by atoms with Crippen LogP contribution >= 0.6 is 24.0 Å². The molecular formula is C12H24IN3O. The second-order valence-corrected chi connectivity index (χ2v) is 4.93. The zero-order valence-electron chi connectivity index (χ0n) is 10.4. The first-order valence-electron chi connectivity index (χ1n) is 6.49. The molecule has 4 nitrogen and oxygen atoms in total. The van der Waals surface area contributed by atoms with Gasteiger partial charge in [0, 0.05) is 25.1 Å². The van der Waals surface area contributed by atoms with Crippen molar-refractivity contribution in [3.8, 4) is 0 Å². The van der Waals surface area contributed by atoms with Crippen LogP contribution < -0.4 is 11.1 Å². The van der Waals surface area contributed by atoms with Crippen LogP contribution in [0.5, 0.6) is 0 Å². The molecule has 2 aliphatic rings. The fourth-order valence-corrected chi connectivity index (χ4v) is 2.50. The van der Waals surface area contributed by atoms with Crippen LogP contribution in [0.4, 0.5) is 0 Å². The lowest BCUT2D eigenvalue weighted by molar-refractivity contribution is 0.0582. The lowest BCUT2D eigenvalue weighted by Crippen LogP contribution is -2.39. The van der Waals surface area contributed by atoms with Crippen LogP contribution in [-0.4, -0.2) is 31.8 Å². The summed E-state index contributed by atoms with van der Waals surface area (Å²) in [6, 6.07) is 0.561. The molecule has 0 bridgehead atoms. The van der Waals surface area contributed by atoms with Gasteiger partial charge in [0.05, 0.1) is 6.61 Å². The predicted molar refractivity (Wildman–Crippen MR) is 80.8 cm³/mol. The second kappa shape index (κ2) is 8.13. The Morgan fingerprint density at radius 3 is 2.65 bits per heavy atom. The number of ether oxygens (including phenoxy) is 1. The van der Waals surface area contributed by atoms with Crippen LogP contribution in [0.25, 0.3) is 0 Å². The fourth-order valence-electron chi connectivity index (χ4n) is 2.50. The van der Waals surface area contributed by atoms with Gasteiger partial charge in [-0.25, -0.2) is 0 Å². The van der Waals surface area contributed by atoms with Crippen LogP contribution in [0.2, 0.25) is 0 Å². The molecule has 1 aliphatic heterocycles. The van der Waals surface area contributed by atoms with E-state index in [1.54, 1.807) is 0 Å². The zero-order chi connectivity index (χ0) is 11.2. The van der Waals surface area contributed by atoms with E-state index >= 15 is 0 Å². The molecule has 0 aromatic carbocycles. The number of hydrogen-bond donors (Lipinski definition) is 2. The first kappa shape index (κ1) is 15.0. The number of rotatable bonds is 3. The molecule has 5 heteroatoms. The summed E-state index contributed by atoms with van der Waals surface area (Å²) < 4.78 is 5.42.